The van der Waals surface area contributed by atoms with Crippen molar-refractivity contribution >= 4 is 79.7 Å². The molecular weight excluding hydrogens is 1060 g/mol. The van der Waals surface area contributed by atoms with Gasteiger partial charge in [0, 0.05) is 37.1 Å². The highest BCUT2D eigenvalue weighted by molar-refractivity contribution is 7.18. The monoisotopic (exact) mass is 1130 g/mol. The maximum absolute atomic E-state index is 14.4. The molecule has 80 heavy (non-hydrogen) atoms. The van der Waals surface area contributed by atoms with Gasteiger partial charge in [-0.25, -0.2) is 9.97 Å². The summed E-state index contributed by atoms with van der Waals surface area (Å²) in [5.41, 5.74) is 2.14. The highest BCUT2D eigenvalue weighted by atomic mass is 32.1. The zero-order valence-electron chi connectivity index (χ0n) is 46.4. The maximum Gasteiger partial charge on any atom is 0.247 e. The second kappa shape index (κ2) is 28.4. The Labute approximate surface area is 476 Å². The topological polar surface area (TPSA) is 261 Å². The number of nitrogens with zero attached hydrogens (tertiary/aromatic N) is 4. The van der Waals surface area contributed by atoms with Gasteiger partial charge in [-0.2, -0.15) is 0 Å². The molecule has 4 fully saturated rings. The molecule has 7 N–H and O–H groups in total. The predicted octanol–water partition coefficient (Wildman–Crippen LogP) is 7.13. The van der Waals surface area contributed by atoms with Crippen LogP contribution in [0.5, 0.6) is 0 Å². The van der Waals surface area contributed by atoms with E-state index >= 15 is 0 Å². The third kappa shape index (κ3) is 14.8. The summed E-state index contributed by atoms with van der Waals surface area (Å²) in [5, 5.41) is 30.1. The number of rotatable bonds is 24. The van der Waals surface area contributed by atoms with Crippen LogP contribution in [-0.2, 0) is 28.8 Å². The molecule has 19 nitrogen and oxygen atoms in total. The molecule has 4 aromatic rings. The average molecular weight is 1140 g/mol. The van der Waals surface area contributed by atoms with Crippen LogP contribution in [0.1, 0.15) is 149 Å². The van der Waals surface area contributed by atoms with Crippen molar-refractivity contribution in [1.29, 1.82) is 0 Å². The molecule has 4 aliphatic rings. The first-order chi connectivity index (χ1) is 38.6. The molecule has 6 atom stereocenters. The molecule has 0 unspecified atom stereocenters. The number of nitrogens with one attached hydrogen (secondary N) is 6. The number of anilines is 2. The van der Waals surface area contributed by atoms with Crippen molar-refractivity contribution in [2.45, 2.75) is 172 Å². The number of carbonyl (C=O) groups is 8. The van der Waals surface area contributed by atoms with Gasteiger partial charge in [0.05, 0.1) is 18.2 Å². The Morgan fingerprint density at radius 1 is 0.550 bits per heavy atom. The fraction of sp³-hybridized carbons (Fsp3) is 0.559. The van der Waals surface area contributed by atoms with Crippen LogP contribution in [0.2, 0.25) is 0 Å². The molecule has 6 amide bonds. The van der Waals surface area contributed by atoms with Gasteiger partial charge < -0.3 is 46.8 Å². The van der Waals surface area contributed by atoms with E-state index in [-0.39, 0.29) is 82.7 Å². The van der Waals surface area contributed by atoms with E-state index in [0.717, 1.165) is 86.9 Å². The first-order valence-corrected chi connectivity index (χ1v) is 30.3. The molecule has 2 saturated carbocycles. The minimum atomic E-state index is -1.03. The fourth-order valence-electron chi connectivity index (χ4n) is 11.5. The van der Waals surface area contributed by atoms with Crippen LogP contribution in [-0.4, -0.2) is 141 Å². The van der Waals surface area contributed by atoms with Crippen molar-refractivity contribution in [1.82, 2.24) is 41.0 Å². The van der Waals surface area contributed by atoms with E-state index in [1.165, 1.54) is 0 Å². The molecule has 2 aliphatic carbocycles. The number of likely N-dealkylation sites (tertiary alicyclic amines) is 2. The molecular formula is C59H78N10O9S2. The lowest BCUT2D eigenvalue weighted by Gasteiger charge is -2.35. The smallest absolute Gasteiger partial charge is 0.247 e. The van der Waals surface area contributed by atoms with Gasteiger partial charge in [0.2, 0.25) is 35.4 Å². The van der Waals surface area contributed by atoms with Gasteiger partial charge in [-0.15, -0.1) is 0 Å². The second-order valence-corrected chi connectivity index (χ2v) is 23.8. The van der Waals surface area contributed by atoms with Crippen molar-refractivity contribution in [2.75, 3.05) is 37.8 Å². The zero-order chi connectivity index (χ0) is 56.9. The van der Waals surface area contributed by atoms with E-state index in [9.17, 15) is 43.5 Å². The van der Waals surface area contributed by atoms with Crippen LogP contribution in [0.3, 0.4) is 0 Å². The van der Waals surface area contributed by atoms with Crippen LogP contribution in [0.15, 0.2) is 60.7 Å². The number of ketones is 2. The lowest BCUT2D eigenvalue weighted by molar-refractivity contribution is -0.142. The highest BCUT2D eigenvalue weighted by Crippen LogP contribution is 2.38. The number of benzene rings is 2. The number of aliphatic hydroxyl groups is 1. The van der Waals surface area contributed by atoms with Gasteiger partial charge in [0.1, 0.15) is 45.6 Å². The van der Waals surface area contributed by atoms with Crippen molar-refractivity contribution in [3.05, 3.63) is 70.7 Å². The van der Waals surface area contributed by atoms with E-state index in [2.05, 4.69) is 31.9 Å². The molecule has 2 saturated heterocycles. The number of carbonyl (C=O) groups excluding carboxylic acids is 8. The zero-order valence-corrected chi connectivity index (χ0v) is 48.1. The van der Waals surface area contributed by atoms with Crippen LogP contribution in [0.4, 0.5) is 10.0 Å². The lowest BCUT2D eigenvalue weighted by Crippen LogP contribution is -2.57. The summed E-state index contributed by atoms with van der Waals surface area (Å²) < 4.78 is 0. The number of hydrogen-bond donors (Lipinski definition) is 7. The number of aliphatic hydroxyl groups excluding tert-OH is 1. The largest absolute Gasteiger partial charge is 0.393 e. The number of hydrogen-bond acceptors (Lipinski definition) is 15. The number of amides is 6. The summed E-state index contributed by atoms with van der Waals surface area (Å²) in [7, 11) is 3.38. The molecule has 0 spiro atoms. The molecule has 8 rings (SSSR count). The predicted molar refractivity (Wildman–Crippen MR) is 309 cm³/mol. The van der Waals surface area contributed by atoms with Crippen molar-refractivity contribution in [3.8, 4) is 22.5 Å². The van der Waals surface area contributed by atoms with Gasteiger partial charge >= 0.3 is 0 Å². The molecule has 2 aromatic heterocycles. The quantitative estimate of drug-likeness (QED) is 0.0345. The van der Waals surface area contributed by atoms with E-state index in [1.807, 2.05) is 60.7 Å². The van der Waals surface area contributed by atoms with Gasteiger partial charge in [0.25, 0.3) is 0 Å². The summed E-state index contributed by atoms with van der Waals surface area (Å²) in [6.07, 6.45) is 10.2. The first kappa shape index (κ1) is 59.9. The van der Waals surface area contributed by atoms with Gasteiger partial charge in [-0.3, -0.25) is 38.4 Å². The van der Waals surface area contributed by atoms with Gasteiger partial charge in [-0.05, 0) is 104 Å². The second-order valence-electron chi connectivity index (χ2n) is 21.9. The minimum absolute atomic E-state index is 0.0316. The van der Waals surface area contributed by atoms with Crippen molar-refractivity contribution in [3.63, 3.8) is 0 Å². The summed E-state index contributed by atoms with van der Waals surface area (Å²) in [5.74, 6) is -2.69. The molecule has 21 heteroatoms. The first-order valence-electron chi connectivity index (χ1n) is 28.7. The van der Waals surface area contributed by atoms with E-state index < -0.39 is 54.2 Å². The normalized spacial score (nSPS) is 19.5. The molecule has 4 heterocycles. The summed E-state index contributed by atoms with van der Waals surface area (Å²) >= 11 is 2.05. The average Bonchev–Trinajstić information content (AvgIpc) is 4.40. The van der Waals surface area contributed by atoms with Crippen molar-refractivity contribution in [2.24, 2.45) is 11.8 Å². The SMILES string of the molecule is CN[C@@H](C)C(=O)N[C@H](C(=O)N1CCC[C@H]1C(=O)Nc1sc(C(=O)CCC(O)CCC(=O)c2nc(-c3ccccc3)c(NC(=O)[C@@H]3CCCN3C(=O)[C@@H](NC(=O)[C@H](C)NC)C3CCCCC3)s2)nc1-c1ccccc1)C1CCCCC1. The van der Waals surface area contributed by atoms with Crippen LogP contribution in [0, 0.1) is 11.8 Å². The minimum Gasteiger partial charge on any atom is -0.393 e. The number of Topliss-reactive ketones (excluding diaryl/α,β-unsaturated/α-hetero) is 2. The highest BCUT2D eigenvalue weighted by Gasteiger charge is 2.43. The van der Waals surface area contributed by atoms with Crippen LogP contribution in [0.25, 0.3) is 22.5 Å². The lowest BCUT2D eigenvalue weighted by atomic mass is 9.83. The molecule has 430 valence electrons. The molecule has 0 bridgehead atoms. The molecule has 2 aliphatic heterocycles. The summed E-state index contributed by atoms with van der Waals surface area (Å²) in [6, 6.07) is 14.2. The third-order valence-electron chi connectivity index (χ3n) is 16.4. The van der Waals surface area contributed by atoms with Crippen LogP contribution < -0.4 is 31.9 Å². The Morgan fingerprint density at radius 2 is 0.925 bits per heavy atom. The van der Waals surface area contributed by atoms with E-state index in [1.54, 1.807) is 37.7 Å². The summed E-state index contributed by atoms with van der Waals surface area (Å²) in [4.78, 5) is 124. The fourth-order valence-corrected chi connectivity index (χ4v) is 13.4. The molecule has 2 aromatic carbocycles. The maximum atomic E-state index is 14.4. The summed E-state index contributed by atoms with van der Waals surface area (Å²) in [6.45, 7) is 4.21. The van der Waals surface area contributed by atoms with Crippen LogP contribution >= 0.6 is 22.7 Å². The van der Waals surface area contributed by atoms with Crippen molar-refractivity contribution < 1.29 is 43.5 Å². The number of aromatic nitrogens is 2. The standard InChI is InChI=1S/C59H78N10O9S2/c1-35(60-3)50(73)62-48(39-23-13-7-14-24-39)58(77)68-33-17-27-42(68)52(75)66-56-46(37-19-9-5-10-20-37)64-54(79-56)44(71)31-29-41(70)30-32-45(72)55-65-47(38-21-11-6-12-22-38)57(80-55)67-53(76)43-28-18-34-69(43)59(78)49(40-25-15-8-16-26-40)63-51(74)36(2)61-4/h5-6,9-12,19-22,35-36,39-43,48-49,60-61,70H,7-8,13-18,23-34H2,1-4H3,(H,62,73)(H,63,74)(H,66,75)(H,67,76)/t35-,36-,42-,43-,48-,49-/m0/s1. The Balaban J connectivity index is 0.901. The number of likely N-dealkylation sites (N-methyl/N-ethyl adjacent to an activating group) is 2. The Bertz CT molecular complexity index is 2630. The Kier molecular flexibility index (Phi) is 21.3. The van der Waals surface area contributed by atoms with Gasteiger partial charge in [0.15, 0.2) is 21.6 Å². The van der Waals surface area contributed by atoms with Gasteiger partial charge in [-0.1, -0.05) is 122 Å². The van der Waals surface area contributed by atoms with E-state index in [4.69, 9.17) is 9.97 Å². The Morgan fingerprint density at radius 3 is 1.29 bits per heavy atom. The number of thiazole rings is 2. The third-order valence-corrected chi connectivity index (χ3v) is 18.4. The van der Waals surface area contributed by atoms with E-state index in [0.29, 0.717) is 71.3 Å². The molecule has 0 radical (unpaired) electrons. The Hall–Kier alpha value is -6.26.